The van der Waals surface area contributed by atoms with Gasteiger partial charge in [-0.2, -0.15) is 13.2 Å². The maximum Gasteiger partial charge on any atom is 0.392 e. The van der Waals surface area contributed by atoms with Crippen LogP contribution in [0.3, 0.4) is 0 Å². The quantitative estimate of drug-likeness (QED) is 0.545. The molecule has 0 radical (unpaired) electrons. The Hall–Kier alpha value is -0.250. The number of alkyl halides is 3. The molecule has 0 amide bonds. The zero-order chi connectivity index (χ0) is 7.35. The van der Waals surface area contributed by atoms with Gasteiger partial charge in [0.1, 0.15) is 0 Å². The van der Waals surface area contributed by atoms with E-state index in [1.54, 1.807) is 0 Å². The Morgan fingerprint density at radius 3 is 1.90 bits per heavy atom. The summed E-state index contributed by atoms with van der Waals surface area (Å²) in [7, 11) is 0. The molecule has 4 heteroatoms. The Kier molecular flexibility index (Phi) is 1.08. The van der Waals surface area contributed by atoms with Crippen LogP contribution in [0.2, 0.25) is 0 Å². The maximum atomic E-state index is 11.9. The molecule has 10 heavy (non-hydrogen) atoms. The largest absolute Gasteiger partial charge is 0.392 e. The Labute approximate surface area is 56.6 Å². The third-order valence-electron chi connectivity index (χ3n) is 2.47. The third kappa shape index (κ3) is 0.746. The number of fused-ring (bicyclic) bond motifs is 1. The normalized spacial score (nSPS) is 45.3. The van der Waals surface area contributed by atoms with Crippen molar-refractivity contribution in [1.29, 1.82) is 0 Å². The fraction of sp³-hybridized carbons (Fsp3) is 1.00. The van der Waals surface area contributed by atoms with Crippen LogP contribution in [0.4, 0.5) is 13.2 Å². The number of hydrogen-bond donors (Lipinski definition) is 1. The number of nitrogens with one attached hydrogen (secondary N) is 1. The molecule has 0 aromatic heterocycles. The van der Waals surface area contributed by atoms with Crippen LogP contribution in [0.25, 0.3) is 0 Å². The molecule has 0 spiro atoms. The molecule has 0 aromatic rings. The molecule has 1 N–H and O–H groups in total. The van der Waals surface area contributed by atoms with Crippen LogP contribution in [0.1, 0.15) is 0 Å². The second-order valence-corrected chi connectivity index (χ2v) is 3.05. The first-order valence-corrected chi connectivity index (χ1v) is 3.38. The van der Waals surface area contributed by atoms with E-state index in [0.29, 0.717) is 13.1 Å². The van der Waals surface area contributed by atoms with Crippen molar-refractivity contribution in [1.82, 2.24) is 5.32 Å². The fourth-order valence-corrected chi connectivity index (χ4v) is 1.90. The predicted molar refractivity (Wildman–Crippen MR) is 29.4 cm³/mol. The van der Waals surface area contributed by atoms with Crippen molar-refractivity contribution < 1.29 is 13.2 Å². The summed E-state index contributed by atoms with van der Waals surface area (Å²) in [6, 6.07) is 0. The molecule has 1 nitrogen and oxygen atoms in total. The Balaban J connectivity index is 2.01. The van der Waals surface area contributed by atoms with Crippen LogP contribution in [-0.4, -0.2) is 19.3 Å². The minimum atomic E-state index is -3.93. The van der Waals surface area contributed by atoms with Gasteiger partial charge in [-0.25, -0.2) is 0 Å². The SMILES string of the molecule is FC(F)(F)C1[C@@H]2CNC[C@@H]12. The van der Waals surface area contributed by atoms with E-state index >= 15 is 0 Å². The Bertz CT molecular complexity index is 144. The molecule has 1 saturated heterocycles. The van der Waals surface area contributed by atoms with E-state index in [4.69, 9.17) is 0 Å². The van der Waals surface area contributed by atoms with E-state index in [2.05, 4.69) is 5.32 Å². The van der Waals surface area contributed by atoms with E-state index in [0.717, 1.165) is 0 Å². The van der Waals surface area contributed by atoms with Crippen molar-refractivity contribution in [2.24, 2.45) is 17.8 Å². The first-order chi connectivity index (χ1) is 4.61. The van der Waals surface area contributed by atoms with Gasteiger partial charge in [-0.3, -0.25) is 0 Å². The first kappa shape index (κ1) is 6.46. The van der Waals surface area contributed by atoms with Crippen molar-refractivity contribution in [2.45, 2.75) is 6.18 Å². The average molecular weight is 151 g/mol. The van der Waals surface area contributed by atoms with Gasteiger partial charge in [0, 0.05) is 0 Å². The van der Waals surface area contributed by atoms with Gasteiger partial charge in [-0.15, -0.1) is 0 Å². The van der Waals surface area contributed by atoms with Gasteiger partial charge in [0.15, 0.2) is 0 Å². The highest BCUT2D eigenvalue weighted by Gasteiger charge is 2.65. The molecule has 58 valence electrons. The lowest BCUT2D eigenvalue weighted by molar-refractivity contribution is -0.154. The molecule has 1 saturated carbocycles. The van der Waals surface area contributed by atoms with Crippen molar-refractivity contribution >= 4 is 0 Å². The number of rotatable bonds is 0. The molecule has 1 heterocycles. The summed E-state index contributed by atoms with van der Waals surface area (Å²) >= 11 is 0. The van der Waals surface area contributed by atoms with E-state index < -0.39 is 12.1 Å². The van der Waals surface area contributed by atoms with Gasteiger partial charge in [0.25, 0.3) is 0 Å². The van der Waals surface area contributed by atoms with E-state index in [9.17, 15) is 13.2 Å². The second kappa shape index (κ2) is 1.67. The summed E-state index contributed by atoms with van der Waals surface area (Å²) < 4.78 is 35.8. The Morgan fingerprint density at radius 1 is 1.10 bits per heavy atom. The van der Waals surface area contributed by atoms with Gasteiger partial charge in [-0.05, 0) is 24.9 Å². The first-order valence-electron chi connectivity index (χ1n) is 3.38. The molecular weight excluding hydrogens is 143 g/mol. The monoisotopic (exact) mass is 151 g/mol. The minimum Gasteiger partial charge on any atom is -0.316 e. The molecule has 0 aromatic carbocycles. The highest BCUT2D eigenvalue weighted by atomic mass is 19.4. The molecular formula is C6H8F3N. The van der Waals surface area contributed by atoms with Gasteiger partial charge >= 0.3 is 6.18 Å². The number of hydrogen-bond acceptors (Lipinski definition) is 1. The topological polar surface area (TPSA) is 12.0 Å². The van der Waals surface area contributed by atoms with Gasteiger partial charge in [0.05, 0.1) is 5.92 Å². The van der Waals surface area contributed by atoms with E-state index in [1.165, 1.54) is 0 Å². The highest BCUT2D eigenvalue weighted by molar-refractivity contribution is 5.06. The zero-order valence-corrected chi connectivity index (χ0v) is 5.28. The molecule has 0 bridgehead atoms. The molecule has 2 atom stereocenters. The molecule has 2 aliphatic rings. The smallest absolute Gasteiger partial charge is 0.316 e. The summed E-state index contributed by atoms with van der Waals surface area (Å²) in [4.78, 5) is 0. The highest BCUT2D eigenvalue weighted by Crippen LogP contribution is 2.56. The molecule has 0 unspecified atom stereocenters. The van der Waals surface area contributed by atoms with Crippen molar-refractivity contribution in [3.63, 3.8) is 0 Å². The number of halogens is 3. The maximum absolute atomic E-state index is 11.9. The standard InChI is InChI=1S/C6H8F3N/c7-6(8,9)5-3-1-10-2-4(3)5/h3-5,10H,1-2H2/t3-,4-/m1/s1. The summed E-state index contributed by atoms with van der Waals surface area (Å²) in [6.07, 6.45) is -3.93. The van der Waals surface area contributed by atoms with Crippen LogP contribution in [0.15, 0.2) is 0 Å². The lowest BCUT2D eigenvalue weighted by atomic mass is 10.3. The summed E-state index contributed by atoms with van der Waals surface area (Å²) in [6.45, 7) is 1.13. The number of piperidine rings is 1. The van der Waals surface area contributed by atoms with Crippen LogP contribution in [-0.2, 0) is 0 Å². The molecule has 2 rings (SSSR count). The van der Waals surface area contributed by atoms with Crippen LogP contribution >= 0.6 is 0 Å². The zero-order valence-electron chi connectivity index (χ0n) is 5.28. The average Bonchev–Trinajstić information content (AvgIpc) is 2.30. The van der Waals surface area contributed by atoms with Crippen molar-refractivity contribution in [3.8, 4) is 0 Å². The fourth-order valence-electron chi connectivity index (χ4n) is 1.90. The summed E-state index contributed by atoms with van der Waals surface area (Å²) in [5, 5.41) is 2.92. The van der Waals surface area contributed by atoms with Gasteiger partial charge in [0.2, 0.25) is 0 Å². The molecule has 1 aliphatic heterocycles. The van der Waals surface area contributed by atoms with Gasteiger partial charge in [-0.1, -0.05) is 0 Å². The summed E-state index contributed by atoms with van der Waals surface area (Å²) in [5.41, 5.74) is 0. The van der Waals surface area contributed by atoms with Gasteiger partial charge < -0.3 is 5.32 Å². The summed E-state index contributed by atoms with van der Waals surface area (Å²) in [5.74, 6) is -1.17. The lowest BCUT2D eigenvalue weighted by Crippen LogP contribution is -2.23. The van der Waals surface area contributed by atoms with Crippen molar-refractivity contribution in [2.75, 3.05) is 13.1 Å². The van der Waals surface area contributed by atoms with E-state index in [-0.39, 0.29) is 11.8 Å². The second-order valence-electron chi connectivity index (χ2n) is 3.05. The Morgan fingerprint density at radius 2 is 1.60 bits per heavy atom. The van der Waals surface area contributed by atoms with E-state index in [1.807, 2.05) is 0 Å². The van der Waals surface area contributed by atoms with Crippen LogP contribution < -0.4 is 5.32 Å². The predicted octanol–water partition coefficient (Wildman–Crippen LogP) is 1.01. The third-order valence-corrected chi connectivity index (χ3v) is 2.47. The lowest BCUT2D eigenvalue weighted by Gasteiger charge is -2.07. The van der Waals surface area contributed by atoms with Crippen LogP contribution in [0, 0.1) is 17.8 Å². The molecule has 1 aliphatic carbocycles. The minimum absolute atomic E-state index is 0.0972. The van der Waals surface area contributed by atoms with Crippen molar-refractivity contribution in [3.05, 3.63) is 0 Å². The molecule has 2 fully saturated rings. The van der Waals surface area contributed by atoms with Crippen LogP contribution in [0.5, 0.6) is 0 Å².